The first-order chi connectivity index (χ1) is 8.00. The van der Waals surface area contributed by atoms with Gasteiger partial charge in [0.05, 0.1) is 0 Å². The number of rotatable bonds is 3. The Morgan fingerprint density at radius 3 is 2.53 bits per heavy atom. The van der Waals surface area contributed by atoms with Crippen LogP contribution >= 0.6 is 12.2 Å². The predicted molar refractivity (Wildman–Crippen MR) is 76.6 cm³/mol. The Bertz CT molecular complexity index is 451. The molecule has 1 heterocycles. The summed E-state index contributed by atoms with van der Waals surface area (Å²) in [6, 6.07) is 10.1. The van der Waals surface area contributed by atoms with Crippen molar-refractivity contribution in [1.82, 2.24) is 5.32 Å². The van der Waals surface area contributed by atoms with E-state index in [0.29, 0.717) is 5.92 Å². The van der Waals surface area contributed by atoms with Crippen LogP contribution in [0, 0.1) is 5.92 Å². The molecule has 0 amide bonds. The van der Waals surface area contributed by atoms with Crippen molar-refractivity contribution in [3.63, 3.8) is 0 Å². The van der Waals surface area contributed by atoms with E-state index >= 15 is 0 Å². The van der Waals surface area contributed by atoms with E-state index in [1.54, 1.807) is 0 Å². The van der Waals surface area contributed by atoms with E-state index in [-0.39, 0.29) is 5.66 Å². The first-order valence-electron chi connectivity index (χ1n) is 5.98. The van der Waals surface area contributed by atoms with Crippen molar-refractivity contribution >= 4 is 22.9 Å². The summed E-state index contributed by atoms with van der Waals surface area (Å²) in [4.78, 5) is 5.54. The number of benzene rings is 1. The molecule has 1 N–H and O–H groups in total. The molecule has 0 aliphatic carbocycles. The van der Waals surface area contributed by atoms with Crippen LogP contribution < -0.4 is 5.32 Å². The van der Waals surface area contributed by atoms with E-state index in [0.717, 1.165) is 22.7 Å². The van der Waals surface area contributed by atoms with Gasteiger partial charge in [0.2, 0.25) is 0 Å². The molecule has 0 fully saturated rings. The SMILES string of the molecule is CC(C)C[C@]1(C)N=C(c2ccccc2)C(=S)N1. The molecule has 1 aromatic carbocycles. The second kappa shape index (κ2) is 4.57. The largest absolute Gasteiger partial charge is 0.351 e. The third-order valence-electron chi connectivity index (χ3n) is 2.81. The average molecular weight is 246 g/mol. The Morgan fingerprint density at radius 2 is 1.94 bits per heavy atom. The Kier molecular flexibility index (Phi) is 3.29. The quantitative estimate of drug-likeness (QED) is 0.828. The van der Waals surface area contributed by atoms with Crippen molar-refractivity contribution in [2.45, 2.75) is 32.9 Å². The summed E-state index contributed by atoms with van der Waals surface area (Å²) < 4.78 is 0. The van der Waals surface area contributed by atoms with Crippen LogP contribution in [-0.4, -0.2) is 16.4 Å². The van der Waals surface area contributed by atoms with Crippen molar-refractivity contribution in [2.75, 3.05) is 0 Å². The van der Waals surface area contributed by atoms with Crippen LogP contribution in [0.2, 0.25) is 0 Å². The number of hydrogen-bond acceptors (Lipinski definition) is 2. The molecular weight excluding hydrogens is 228 g/mol. The Labute approximate surface area is 108 Å². The molecule has 0 saturated carbocycles. The van der Waals surface area contributed by atoms with Crippen molar-refractivity contribution in [3.05, 3.63) is 35.9 Å². The standard InChI is InChI=1S/C14H18N2S/c1-10(2)9-14(3)15-12(13(17)16-14)11-7-5-4-6-8-11/h4-8,10H,9H2,1-3H3,(H,16,17)/t14-/m1/s1. The fourth-order valence-corrected chi connectivity index (χ4v) is 2.70. The summed E-state index contributed by atoms with van der Waals surface area (Å²) in [7, 11) is 0. The van der Waals surface area contributed by atoms with E-state index in [4.69, 9.17) is 17.2 Å². The van der Waals surface area contributed by atoms with Crippen molar-refractivity contribution < 1.29 is 0 Å². The van der Waals surface area contributed by atoms with Gasteiger partial charge in [-0.15, -0.1) is 0 Å². The van der Waals surface area contributed by atoms with Crippen LogP contribution in [0.1, 0.15) is 32.8 Å². The van der Waals surface area contributed by atoms with Crippen LogP contribution in [0.15, 0.2) is 35.3 Å². The summed E-state index contributed by atoms with van der Waals surface area (Å²) in [6.45, 7) is 6.51. The van der Waals surface area contributed by atoms with Gasteiger partial charge in [0.15, 0.2) is 0 Å². The number of aliphatic imine (C=N–C) groups is 1. The van der Waals surface area contributed by atoms with Gasteiger partial charge in [0.25, 0.3) is 0 Å². The molecule has 0 unspecified atom stereocenters. The number of nitrogens with one attached hydrogen (secondary N) is 1. The Morgan fingerprint density at radius 1 is 1.29 bits per heavy atom. The molecule has 0 bridgehead atoms. The molecule has 2 rings (SSSR count). The molecule has 0 saturated heterocycles. The van der Waals surface area contributed by atoms with E-state index in [1.165, 1.54) is 0 Å². The van der Waals surface area contributed by atoms with Crippen molar-refractivity contribution in [1.29, 1.82) is 0 Å². The molecule has 1 aromatic rings. The molecule has 90 valence electrons. The second-order valence-corrected chi connectivity index (χ2v) is 5.56. The van der Waals surface area contributed by atoms with E-state index < -0.39 is 0 Å². The smallest absolute Gasteiger partial charge is 0.128 e. The maximum absolute atomic E-state index is 5.38. The Hall–Kier alpha value is -1.22. The molecule has 0 aromatic heterocycles. The summed E-state index contributed by atoms with van der Waals surface area (Å²) in [6.07, 6.45) is 0.990. The first-order valence-corrected chi connectivity index (χ1v) is 6.39. The minimum atomic E-state index is -0.240. The maximum Gasteiger partial charge on any atom is 0.128 e. The van der Waals surface area contributed by atoms with Gasteiger partial charge in [0, 0.05) is 5.56 Å². The zero-order valence-electron chi connectivity index (χ0n) is 10.5. The fraction of sp³-hybridized carbons (Fsp3) is 0.429. The molecule has 1 aliphatic heterocycles. The third kappa shape index (κ3) is 2.72. The van der Waals surface area contributed by atoms with Gasteiger partial charge < -0.3 is 5.32 Å². The molecule has 0 spiro atoms. The first kappa shape index (κ1) is 12.2. The van der Waals surface area contributed by atoms with E-state index in [2.05, 4.69) is 26.1 Å². The summed E-state index contributed by atoms with van der Waals surface area (Å²) >= 11 is 5.38. The highest BCUT2D eigenvalue weighted by Gasteiger charge is 2.33. The predicted octanol–water partition coefficient (Wildman–Crippen LogP) is 3.17. The lowest BCUT2D eigenvalue weighted by atomic mass is 10.0. The maximum atomic E-state index is 5.38. The van der Waals surface area contributed by atoms with Crippen LogP contribution in [0.5, 0.6) is 0 Å². The highest BCUT2D eigenvalue weighted by molar-refractivity contribution is 7.82. The molecule has 2 nitrogen and oxygen atoms in total. The van der Waals surface area contributed by atoms with Crippen LogP contribution in [0.3, 0.4) is 0 Å². The average Bonchev–Trinajstić information content (AvgIpc) is 2.54. The number of thiocarbonyl (C=S) groups is 1. The highest BCUT2D eigenvalue weighted by Crippen LogP contribution is 2.24. The number of hydrogen-bond donors (Lipinski definition) is 1. The minimum Gasteiger partial charge on any atom is -0.351 e. The summed E-state index contributed by atoms with van der Waals surface area (Å²) in [5, 5.41) is 3.34. The molecule has 1 aliphatic rings. The van der Waals surface area contributed by atoms with Crippen LogP contribution in [0.25, 0.3) is 0 Å². The normalized spacial score (nSPS) is 23.8. The molecule has 3 heteroatoms. The van der Waals surface area contributed by atoms with Gasteiger partial charge in [-0.05, 0) is 19.3 Å². The molecule has 1 atom stereocenters. The van der Waals surface area contributed by atoms with E-state index in [1.807, 2.05) is 30.3 Å². The van der Waals surface area contributed by atoms with E-state index in [9.17, 15) is 0 Å². The summed E-state index contributed by atoms with van der Waals surface area (Å²) in [5.74, 6) is 0.592. The monoisotopic (exact) mass is 246 g/mol. The number of nitrogens with zero attached hydrogens (tertiary/aromatic N) is 1. The van der Waals surface area contributed by atoms with Gasteiger partial charge in [-0.1, -0.05) is 56.4 Å². The van der Waals surface area contributed by atoms with Gasteiger partial charge in [-0.3, -0.25) is 4.99 Å². The van der Waals surface area contributed by atoms with Crippen molar-refractivity contribution in [3.8, 4) is 0 Å². The van der Waals surface area contributed by atoms with Gasteiger partial charge in [-0.25, -0.2) is 0 Å². The topological polar surface area (TPSA) is 24.4 Å². The van der Waals surface area contributed by atoms with Gasteiger partial charge in [0.1, 0.15) is 16.4 Å². The van der Waals surface area contributed by atoms with Crippen LogP contribution in [-0.2, 0) is 0 Å². The molecular formula is C14H18N2S. The molecule has 0 radical (unpaired) electrons. The second-order valence-electron chi connectivity index (χ2n) is 5.15. The lowest BCUT2D eigenvalue weighted by Crippen LogP contribution is -2.40. The summed E-state index contributed by atoms with van der Waals surface area (Å²) in [5.41, 5.74) is 1.78. The highest BCUT2D eigenvalue weighted by atomic mass is 32.1. The zero-order chi connectivity index (χ0) is 12.5. The fourth-order valence-electron chi connectivity index (χ4n) is 2.31. The zero-order valence-corrected chi connectivity index (χ0v) is 11.3. The van der Waals surface area contributed by atoms with Crippen molar-refractivity contribution in [2.24, 2.45) is 10.9 Å². The Balaban J connectivity index is 2.30. The lowest BCUT2D eigenvalue weighted by molar-refractivity contribution is 0.359. The molecule has 17 heavy (non-hydrogen) atoms. The van der Waals surface area contributed by atoms with Crippen LogP contribution in [0.4, 0.5) is 0 Å². The third-order valence-corrected chi connectivity index (χ3v) is 3.10. The minimum absolute atomic E-state index is 0.240. The van der Waals surface area contributed by atoms with Gasteiger partial charge >= 0.3 is 0 Å². The lowest BCUT2D eigenvalue weighted by Gasteiger charge is -2.23. The van der Waals surface area contributed by atoms with Gasteiger partial charge in [-0.2, -0.15) is 0 Å².